The molecule has 0 aliphatic rings. The van der Waals surface area contributed by atoms with E-state index in [0.717, 1.165) is 27.8 Å². The van der Waals surface area contributed by atoms with Gasteiger partial charge < -0.3 is 14.4 Å². The molecule has 0 aliphatic heterocycles. The Labute approximate surface area is 171 Å². The van der Waals surface area contributed by atoms with Crippen LogP contribution in [0.5, 0.6) is 0 Å². The Balaban J connectivity index is 2.30. The average molecular weight is 392 g/mol. The summed E-state index contributed by atoms with van der Waals surface area (Å²) in [4.78, 5) is 22.5. The fourth-order valence-corrected chi connectivity index (χ4v) is 2.82. The van der Waals surface area contributed by atoms with Gasteiger partial charge in [0.05, 0.1) is 12.8 Å². The number of carbonyl (C=O) groups is 1. The number of esters is 1. The Bertz CT molecular complexity index is 1000. The van der Waals surface area contributed by atoms with Gasteiger partial charge >= 0.3 is 5.97 Å². The van der Waals surface area contributed by atoms with Crippen LogP contribution >= 0.6 is 0 Å². The van der Waals surface area contributed by atoms with Crippen LogP contribution in [0, 0.1) is 26.2 Å². The number of oxime groups is 2. The number of terminal acetylenes is 1. The van der Waals surface area contributed by atoms with Crippen LogP contribution in [0.3, 0.4) is 0 Å². The number of hydrogen-bond acceptors (Lipinski definition) is 6. The minimum absolute atomic E-state index is 0.0651. The van der Waals surface area contributed by atoms with Crippen molar-refractivity contribution < 1.29 is 19.2 Å². The van der Waals surface area contributed by atoms with Gasteiger partial charge in [-0.25, -0.2) is 4.79 Å². The molecule has 0 saturated carbocycles. The molecule has 150 valence electrons. The lowest BCUT2D eigenvalue weighted by molar-refractivity contribution is -0.132. The molecule has 0 radical (unpaired) electrons. The Morgan fingerprint density at radius 2 is 1.90 bits per heavy atom. The standard InChI is InChI=1S/C23H24N2O4/c1-7-18-11-15(2)12-19(13-18)17(4)24-29-14-21-16(3)9-8-10-20(21)22(25-28-6)23(26)27-5/h1,8-13H,14H2,2-6H3/b24-17+,25-22+. The van der Waals surface area contributed by atoms with E-state index in [1.807, 2.05) is 51.1 Å². The minimum Gasteiger partial charge on any atom is -0.464 e. The van der Waals surface area contributed by atoms with Crippen molar-refractivity contribution in [2.24, 2.45) is 10.3 Å². The first-order valence-corrected chi connectivity index (χ1v) is 8.94. The molecule has 0 spiro atoms. The second kappa shape index (κ2) is 10.1. The maximum absolute atomic E-state index is 12.1. The molecule has 2 rings (SSSR count). The summed E-state index contributed by atoms with van der Waals surface area (Å²) in [6.45, 7) is 5.88. The summed E-state index contributed by atoms with van der Waals surface area (Å²) in [7, 11) is 2.66. The number of carbonyl (C=O) groups excluding carboxylic acids is 1. The quantitative estimate of drug-likeness (QED) is 0.311. The van der Waals surface area contributed by atoms with E-state index in [4.69, 9.17) is 20.8 Å². The van der Waals surface area contributed by atoms with Gasteiger partial charge in [-0.15, -0.1) is 6.42 Å². The van der Waals surface area contributed by atoms with Gasteiger partial charge in [-0.05, 0) is 44.0 Å². The predicted molar refractivity (Wildman–Crippen MR) is 113 cm³/mol. The molecule has 0 aliphatic carbocycles. The van der Waals surface area contributed by atoms with E-state index in [2.05, 4.69) is 16.2 Å². The number of aryl methyl sites for hydroxylation is 2. The van der Waals surface area contributed by atoms with Crippen molar-refractivity contribution >= 4 is 17.4 Å². The van der Waals surface area contributed by atoms with Crippen molar-refractivity contribution in [2.75, 3.05) is 14.2 Å². The third kappa shape index (κ3) is 5.45. The van der Waals surface area contributed by atoms with E-state index in [-0.39, 0.29) is 12.3 Å². The summed E-state index contributed by atoms with van der Waals surface area (Å²) in [5.74, 6) is 2.04. The second-order valence-corrected chi connectivity index (χ2v) is 6.40. The zero-order valence-electron chi connectivity index (χ0n) is 17.3. The first-order valence-electron chi connectivity index (χ1n) is 8.94. The van der Waals surface area contributed by atoms with Crippen LogP contribution in [0.4, 0.5) is 0 Å². The van der Waals surface area contributed by atoms with Crippen LogP contribution < -0.4 is 0 Å². The number of rotatable bonds is 7. The molecular formula is C23H24N2O4. The summed E-state index contributed by atoms with van der Waals surface area (Å²) in [6.07, 6.45) is 5.51. The van der Waals surface area contributed by atoms with Crippen LogP contribution in [0.2, 0.25) is 0 Å². The maximum atomic E-state index is 12.1. The lowest BCUT2D eigenvalue weighted by Gasteiger charge is -2.12. The van der Waals surface area contributed by atoms with Crippen molar-refractivity contribution in [3.8, 4) is 12.3 Å². The summed E-state index contributed by atoms with van der Waals surface area (Å²) < 4.78 is 4.81. The summed E-state index contributed by atoms with van der Waals surface area (Å²) in [5.41, 5.74) is 5.73. The van der Waals surface area contributed by atoms with E-state index in [1.54, 1.807) is 6.07 Å². The molecule has 0 atom stereocenters. The van der Waals surface area contributed by atoms with Crippen LogP contribution in [0.1, 0.15) is 40.3 Å². The molecule has 2 aromatic rings. The van der Waals surface area contributed by atoms with Crippen molar-refractivity contribution in [1.82, 2.24) is 0 Å². The normalized spacial score (nSPS) is 11.6. The molecule has 0 bridgehead atoms. The average Bonchev–Trinajstić information content (AvgIpc) is 2.72. The predicted octanol–water partition coefficient (Wildman–Crippen LogP) is 3.75. The highest BCUT2D eigenvalue weighted by Gasteiger charge is 2.20. The van der Waals surface area contributed by atoms with Crippen molar-refractivity contribution in [3.05, 3.63) is 69.8 Å². The van der Waals surface area contributed by atoms with E-state index in [9.17, 15) is 4.79 Å². The molecule has 6 nitrogen and oxygen atoms in total. The molecule has 0 amide bonds. The van der Waals surface area contributed by atoms with Gasteiger partial charge in [-0.2, -0.15) is 0 Å². The molecule has 29 heavy (non-hydrogen) atoms. The number of ether oxygens (including phenoxy) is 1. The Hall–Kier alpha value is -3.59. The van der Waals surface area contributed by atoms with Crippen LogP contribution in [0.25, 0.3) is 0 Å². The van der Waals surface area contributed by atoms with E-state index >= 15 is 0 Å². The molecule has 0 unspecified atom stereocenters. The number of methoxy groups -OCH3 is 1. The second-order valence-electron chi connectivity index (χ2n) is 6.40. The number of benzene rings is 2. The first kappa shape index (κ1) is 21.7. The Kier molecular flexibility index (Phi) is 7.55. The monoisotopic (exact) mass is 392 g/mol. The van der Waals surface area contributed by atoms with Gasteiger partial charge in [-0.1, -0.05) is 40.5 Å². The molecule has 6 heteroatoms. The third-order valence-corrected chi connectivity index (χ3v) is 4.30. The smallest absolute Gasteiger partial charge is 0.360 e. The van der Waals surface area contributed by atoms with E-state index < -0.39 is 5.97 Å². The van der Waals surface area contributed by atoms with Crippen molar-refractivity contribution in [3.63, 3.8) is 0 Å². The molecule has 2 aromatic carbocycles. The minimum atomic E-state index is -0.597. The molecule has 0 saturated heterocycles. The first-order chi connectivity index (χ1) is 13.9. The highest BCUT2D eigenvalue weighted by molar-refractivity contribution is 6.43. The van der Waals surface area contributed by atoms with Gasteiger partial charge in [0.1, 0.15) is 13.7 Å². The lowest BCUT2D eigenvalue weighted by atomic mass is 9.99. The van der Waals surface area contributed by atoms with Crippen molar-refractivity contribution in [1.29, 1.82) is 0 Å². The van der Waals surface area contributed by atoms with Crippen LogP contribution in [-0.4, -0.2) is 31.6 Å². The maximum Gasteiger partial charge on any atom is 0.360 e. The zero-order valence-corrected chi connectivity index (χ0v) is 17.3. The van der Waals surface area contributed by atoms with Gasteiger partial charge in [0.25, 0.3) is 0 Å². The zero-order chi connectivity index (χ0) is 21.4. The third-order valence-electron chi connectivity index (χ3n) is 4.30. The largest absolute Gasteiger partial charge is 0.464 e. The highest BCUT2D eigenvalue weighted by atomic mass is 16.6. The van der Waals surface area contributed by atoms with E-state index in [1.165, 1.54) is 14.2 Å². The highest BCUT2D eigenvalue weighted by Crippen LogP contribution is 2.18. The Morgan fingerprint density at radius 1 is 1.14 bits per heavy atom. The fourth-order valence-electron chi connectivity index (χ4n) is 2.82. The molecule has 0 fully saturated rings. The van der Waals surface area contributed by atoms with Gasteiger partial charge in [0.15, 0.2) is 5.71 Å². The van der Waals surface area contributed by atoms with Gasteiger partial charge in [-0.3, -0.25) is 0 Å². The van der Waals surface area contributed by atoms with Crippen molar-refractivity contribution in [2.45, 2.75) is 27.4 Å². The van der Waals surface area contributed by atoms with Crippen LogP contribution in [0.15, 0.2) is 46.7 Å². The number of hydrogen-bond donors (Lipinski definition) is 0. The summed E-state index contributed by atoms with van der Waals surface area (Å²) >= 11 is 0. The van der Waals surface area contributed by atoms with Crippen LogP contribution in [-0.2, 0) is 25.8 Å². The number of nitrogens with zero attached hydrogens (tertiary/aromatic N) is 2. The Morgan fingerprint density at radius 3 is 2.55 bits per heavy atom. The molecule has 0 aromatic heterocycles. The SMILES string of the molecule is C#Cc1cc(C)cc(/C(C)=N/OCc2c(C)cccc2/C(=N\OC)C(=O)OC)c1. The molecule has 0 heterocycles. The fraction of sp³-hybridized carbons (Fsp3) is 0.261. The molecule has 0 N–H and O–H groups in total. The molecular weight excluding hydrogens is 368 g/mol. The lowest BCUT2D eigenvalue weighted by Crippen LogP contribution is -2.20. The summed E-state index contributed by atoms with van der Waals surface area (Å²) in [6, 6.07) is 11.3. The van der Waals surface area contributed by atoms with Gasteiger partial charge in [0, 0.05) is 22.3 Å². The topological polar surface area (TPSA) is 69.5 Å². The summed E-state index contributed by atoms with van der Waals surface area (Å²) in [5, 5.41) is 8.04. The van der Waals surface area contributed by atoms with Gasteiger partial charge in [0.2, 0.25) is 0 Å². The van der Waals surface area contributed by atoms with E-state index in [0.29, 0.717) is 11.3 Å².